The van der Waals surface area contributed by atoms with Crippen LogP contribution in [-0.2, 0) is 0 Å². The predicted molar refractivity (Wildman–Crippen MR) is 115 cm³/mol. The summed E-state index contributed by atoms with van der Waals surface area (Å²) >= 11 is 0. The van der Waals surface area contributed by atoms with Crippen LogP contribution in [0.25, 0.3) is 10.9 Å². The fraction of sp³-hybridized carbons (Fsp3) is 0.0417. The number of amides is 2. The lowest BCUT2D eigenvalue weighted by Crippen LogP contribution is -2.17. The number of anilines is 2. The summed E-state index contributed by atoms with van der Waals surface area (Å²) in [7, 11) is 0. The molecule has 0 spiro atoms. The Balaban J connectivity index is 1.60. The number of hydrogen-bond donors (Lipinski definition) is 2. The highest BCUT2D eigenvalue weighted by Crippen LogP contribution is 2.24. The average molecular weight is 399 g/mol. The van der Waals surface area contributed by atoms with E-state index in [0.29, 0.717) is 39.1 Å². The number of pyridine rings is 1. The minimum Gasteiger partial charge on any atom is -0.320 e. The van der Waals surface area contributed by atoms with E-state index in [4.69, 9.17) is 0 Å². The monoisotopic (exact) mass is 399 g/mol. The van der Waals surface area contributed by atoms with E-state index in [1.165, 1.54) is 12.1 Å². The standard InChI is InChI=1S/C24H18FN3O2/c1-15-19(13-17-11-12-18(25)14-22(17)26-15)24(30)28-21-10-6-5-9-20(21)27-23(29)16-7-3-2-4-8-16/h2-14H,1H3,(H,27,29)(H,28,30). The molecule has 0 radical (unpaired) electrons. The first-order valence-electron chi connectivity index (χ1n) is 9.35. The molecule has 3 aromatic carbocycles. The van der Waals surface area contributed by atoms with Crippen LogP contribution in [0, 0.1) is 12.7 Å². The van der Waals surface area contributed by atoms with E-state index in [2.05, 4.69) is 15.6 Å². The van der Waals surface area contributed by atoms with Crippen molar-refractivity contribution in [3.05, 3.63) is 102 Å². The maximum absolute atomic E-state index is 13.4. The molecule has 0 unspecified atom stereocenters. The topological polar surface area (TPSA) is 71.1 Å². The minimum atomic E-state index is -0.380. The zero-order chi connectivity index (χ0) is 21.1. The molecule has 0 aliphatic carbocycles. The quantitative estimate of drug-likeness (QED) is 0.496. The molecule has 0 atom stereocenters. The molecule has 0 fully saturated rings. The summed E-state index contributed by atoms with van der Waals surface area (Å²) < 4.78 is 13.4. The smallest absolute Gasteiger partial charge is 0.257 e. The normalized spacial score (nSPS) is 10.6. The third-order valence-electron chi connectivity index (χ3n) is 4.67. The summed E-state index contributed by atoms with van der Waals surface area (Å²) in [5.74, 6) is -1.02. The number of nitrogens with zero attached hydrogens (tertiary/aromatic N) is 1. The number of benzene rings is 3. The molecule has 6 heteroatoms. The van der Waals surface area contributed by atoms with Gasteiger partial charge in [0.05, 0.1) is 28.1 Å². The number of halogens is 1. The molecule has 0 saturated heterocycles. The summed E-state index contributed by atoms with van der Waals surface area (Å²) in [6.45, 7) is 1.70. The van der Waals surface area contributed by atoms with Crippen molar-refractivity contribution in [3.63, 3.8) is 0 Å². The summed E-state index contributed by atoms with van der Waals surface area (Å²) in [5.41, 5.74) is 2.80. The molecule has 2 amide bonds. The SMILES string of the molecule is Cc1nc2cc(F)ccc2cc1C(=O)Nc1ccccc1NC(=O)c1ccccc1. The van der Waals surface area contributed by atoms with Crippen molar-refractivity contribution in [1.29, 1.82) is 0 Å². The Morgan fingerprint density at radius 1 is 0.800 bits per heavy atom. The lowest BCUT2D eigenvalue weighted by atomic mass is 10.1. The first-order chi connectivity index (χ1) is 14.5. The molecule has 0 aliphatic heterocycles. The highest BCUT2D eigenvalue weighted by molar-refractivity contribution is 6.11. The fourth-order valence-electron chi connectivity index (χ4n) is 3.14. The van der Waals surface area contributed by atoms with Crippen molar-refractivity contribution < 1.29 is 14.0 Å². The highest BCUT2D eigenvalue weighted by Gasteiger charge is 2.15. The van der Waals surface area contributed by atoms with Gasteiger partial charge in [-0.25, -0.2) is 4.39 Å². The molecule has 0 bridgehead atoms. The van der Waals surface area contributed by atoms with Crippen molar-refractivity contribution in [2.75, 3.05) is 10.6 Å². The minimum absolute atomic E-state index is 0.275. The molecule has 30 heavy (non-hydrogen) atoms. The van der Waals surface area contributed by atoms with Crippen molar-refractivity contribution >= 4 is 34.1 Å². The van der Waals surface area contributed by atoms with Crippen LogP contribution in [0.1, 0.15) is 26.4 Å². The Bertz CT molecular complexity index is 1260. The van der Waals surface area contributed by atoms with Gasteiger partial charge in [0.15, 0.2) is 0 Å². The Labute approximate surface area is 172 Å². The van der Waals surface area contributed by atoms with E-state index < -0.39 is 0 Å². The van der Waals surface area contributed by atoms with Crippen molar-refractivity contribution in [2.24, 2.45) is 0 Å². The average Bonchev–Trinajstić information content (AvgIpc) is 2.75. The molecule has 4 rings (SSSR count). The van der Waals surface area contributed by atoms with Crippen molar-refractivity contribution in [2.45, 2.75) is 6.92 Å². The van der Waals surface area contributed by atoms with Gasteiger partial charge >= 0.3 is 0 Å². The summed E-state index contributed by atoms with van der Waals surface area (Å²) in [4.78, 5) is 29.7. The fourth-order valence-corrected chi connectivity index (χ4v) is 3.14. The summed E-state index contributed by atoms with van der Waals surface area (Å²) in [5, 5.41) is 6.32. The van der Waals surface area contributed by atoms with Gasteiger partial charge in [0.1, 0.15) is 5.82 Å². The second-order valence-electron chi connectivity index (χ2n) is 6.78. The third kappa shape index (κ3) is 4.03. The second kappa shape index (κ2) is 8.13. The van der Waals surface area contributed by atoms with Gasteiger partial charge in [0.25, 0.3) is 11.8 Å². The number of hydrogen-bond acceptors (Lipinski definition) is 3. The Kier molecular flexibility index (Phi) is 5.22. The molecule has 2 N–H and O–H groups in total. The van der Waals surface area contributed by atoms with E-state index in [1.54, 1.807) is 67.6 Å². The van der Waals surface area contributed by atoms with Crippen molar-refractivity contribution in [3.8, 4) is 0 Å². The zero-order valence-corrected chi connectivity index (χ0v) is 16.1. The maximum atomic E-state index is 13.4. The number of nitrogens with one attached hydrogen (secondary N) is 2. The van der Waals surface area contributed by atoms with Crippen molar-refractivity contribution in [1.82, 2.24) is 4.98 Å². The Morgan fingerprint density at radius 3 is 2.13 bits per heavy atom. The highest BCUT2D eigenvalue weighted by atomic mass is 19.1. The molecule has 4 aromatic rings. The number of carbonyl (C=O) groups is 2. The van der Waals surface area contributed by atoms with E-state index in [9.17, 15) is 14.0 Å². The van der Waals surface area contributed by atoms with Gasteiger partial charge in [0, 0.05) is 17.0 Å². The van der Waals surface area contributed by atoms with Crippen LogP contribution in [0.2, 0.25) is 0 Å². The van der Waals surface area contributed by atoms with Crippen LogP contribution in [0.15, 0.2) is 78.9 Å². The molecule has 5 nitrogen and oxygen atoms in total. The van der Waals surface area contributed by atoms with Gasteiger partial charge in [-0.15, -0.1) is 0 Å². The predicted octanol–water partition coefficient (Wildman–Crippen LogP) is 5.19. The van der Waals surface area contributed by atoms with Gasteiger partial charge in [0.2, 0.25) is 0 Å². The van der Waals surface area contributed by atoms with E-state index >= 15 is 0 Å². The molecular formula is C24H18FN3O2. The second-order valence-corrected chi connectivity index (χ2v) is 6.78. The maximum Gasteiger partial charge on any atom is 0.257 e. The van der Waals surface area contributed by atoms with E-state index in [1.807, 2.05) is 6.07 Å². The van der Waals surface area contributed by atoms with Gasteiger partial charge in [-0.2, -0.15) is 0 Å². The van der Waals surface area contributed by atoms with Gasteiger partial charge in [-0.1, -0.05) is 30.3 Å². The van der Waals surface area contributed by atoms with E-state index in [-0.39, 0.29) is 17.6 Å². The molecule has 148 valence electrons. The Morgan fingerprint density at radius 2 is 1.43 bits per heavy atom. The van der Waals surface area contributed by atoms with Crippen LogP contribution in [-0.4, -0.2) is 16.8 Å². The summed E-state index contributed by atoms with van der Waals surface area (Å²) in [6, 6.07) is 21.7. The molecule has 0 aliphatic rings. The number of aryl methyl sites for hydroxylation is 1. The molecule has 1 aromatic heterocycles. The lowest BCUT2D eigenvalue weighted by molar-refractivity contribution is 0.101. The number of aromatic nitrogens is 1. The number of rotatable bonds is 4. The molecule has 1 heterocycles. The Hall–Kier alpha value is -4.06. The zero-order valence-electron chi connectivity index (χ0n) is 16.1. The molecular weight excluding hydrogens is 381 g/mol. The van der Waals surface area contributed by atoms with Crippen LogP contribution in [0.4, 0.5) is 15.8 Å². The van der Waals surface area contributed by atoms with Gasteiger partial charge in [-0.3, -0.25) is 14.6 Å². The van der Waals surface area contributed by atoms with Gasteiger partial charge < -0.3 is 10.6 Å². The number of carbonyl (C=O) groups excluding carboxylic acids is 2. The third-order valence-corrected chi connectivity index (χ3v) is 4.67. The lowest BCUT2D eigenvalue weighted by Gasteiger charge is -2.13. The molecule has 0 saturated carbocycles. The number of fused-ring (bicyclic) bond motifs is 1. The van der Waals surface area contributed by atoms with Crippen LogP contribution in [0.5, 0.6) is 0 Å². The summed E-state index contributed by atoms with van der Waals surface area (Å²) in [6.07, 6.45) is 0. The van der Waals surface area contributed by atoms with Crippen LogP contribution < -0.4 is 10.6 Å². The van der Waals surface area contributed by atoms with Gasteiger partial charge in [-0.05, 0) is 49.4 Å². The largest absolute Gasteiger partial charge is 0.320 e. The van der Waals surface area contributed by atoms with Crippen LogP contribution >= 0.6 is 0 Å². The van der Waals surface area contributed by atoms with Crippen LogP contribution in [0.3, 0.4) is 0 Å². The number of para-hydroxylation sites is 2. The first-order valence-corrected chi connectivity index (χ1v) is 9.35. The first kappa shape index (κ1) is 19.3. The van der Waals surface area contributed by atoms with E-state index in [0.717, 1.165) is 0 Å².